The van der Waals surface area contributed by atoms with Crippen molar-refractivity contribution in [2.75, 3.05) is 4.90 Å². The molecule has 1 aliphatic heterocycles. The molecule has 0 saturated heterocycles. The number of rotatable bonds is 2. The van der Waals surface area contributed by atoms with E-state index in [4.69, 9.17) is 0 Å². The van der Waals surface area contributed by atoms with Crippen LogP contribution >= 0.6 is 11.3 Å². The molecular formula is C19H15F2NO2S. The largest absolute Gasteiger partial charge is 0.294 e. The Bertz CT molecular complexity index is 889. The highest BCUT2D eigenvalue weighted by molar-refractivity contribution is 7.08. The number of allylic oxidation sites excluding steroid dienone is 2. The van der Waals surface area contributed by atoms with E-state index < -0.39 is 11.6 Å². The fourth-order valence-corrected chi connectivity index (χ4v) is 4.41. The van der Waals surface area contributed by atoms with Crippen molar-refractivity contribution >= 4 is 28.7 Å². The first-order valence-electron chi connectivity index (χ1n) is 8.12. The average molecular weight is 359 g/mol. The number of hydrogen-bond acceptors (Lipinski definition) is 3. The zero-order valence-corrected chi connectivity index (χ0v) is 14.1. The van der Waals surface area contributed by atoms with Crippen LogP contribution < -0.4 is 4.90 Å². The standard InChI is InChI=1S/C19H15F2NO2S/c20-12-4-5-15(14(21)8-12)22-16-2-1-3-17(23)19(16)13(9-18(22)24)11-6-7-25-10-11/h4-8,10,13H,1-3,9H2/t13-/m1/s1. The number of nitrogens with zero attached hydrogens (tertiary/aromatic N) is 1. The van der Waals surface area contributed by atoms with Gasteiger partial charge in [0.15, 0.2) is 5.78 Å². The minimum atomic E-state index is -0.799. The van der Waals surface area contributed by atoms with Crippen molar-refractivity contribution < 1.29 is 18.4 Å². The monoisotopic (exact) mass is 359 g/mol. The van der Waals surface area contributed by atoms with Gasteiger partial charge in [-0.2, -0.15) is 11.3 Å². The maximum absolute atomic E-state index is 14.3. The summed E-state index contributed by atoms with van der Waals surface area (Å²) in [5.74, 6) is -2.03. The third-order valence-electron chi connectivity index (χ3n) is 4.77. The number of halogens is 2. The van der Waals surface area contributed by atoms with Gasteiger partial charge in [0.2, 0.25) is 5.91 Å². The van der Waals surface area contributed by atoms with Crippen molar-refractivity contribution in [3.05, 3.63) is 63.5 Å². The number of thiophene rings is 1. The van der Waals surface area contributed by atoms with Gasteiger partial charge < -0.3 is 0 Å². The molecule has 2 aliphatic rings. The Morgan fingerprint density at radius 1 is 1.12 bits per heavy atom. The maximum Gasteiger partial charge on any atom is 0.232 e. The molecular weight excluding hydrogens is 344 g/mol. The van der Waals surface area contributed by atoms with Crippen molar-refractivity contribution in [2.45, 2.75) is 31.6 Å². The number of carbonyl (C=O) groups is 2. The smallest absolute Gasteiger partial charge is 0.232 e. The van der Waals surface area contributed by atoms with Crippen LogP contribution in [0.1, 0.15) is 37.2 Å². The van der Waals surface area contributed by atoms with Gasteiger partial charge in [0.05, 0.1) is 5.69 Å². The Labute approximate surface area is 147 Å². The Morgan fingerprint density at radius 2 is 1.96 bits per heavy atom. The number of Topliss-reactive ketones (excluding diaryl/α,β-unsaturated/α-hetero) is 1. The van der Waals surface area contributed by atoms with E-state index in [2.05, 4.69) is 0 Å². The van der Waals surface area contributed by atoms with Gasteiger partial charge in [0.25, 0.3) is 0 Å². The predicted molar refractivity (Wildman–Crippen MR) is 91.4 cm³/mol. The lowest BCUT2D eigenvalue weighted by molar-refractivity contribution is -0.120. The van der Waals surface area contributed by atoms with Gasteiger partial charge in [-0.3, -0.25) is 14.5 Å². The first kappa shape index (κ1) is 16.1. The minimum absolute atomic E-state index is 0.0115. The van der Waals surface area contributed by atoms with Gasteiger partial charge in [0.1, 0.15) is 11.6 Å². The Kier molecular flexibility index (Phi) is 4.00. The lowest BCUT2D eigenvalue weighted by Crippen LogP contribution is -2.40. The van der Waals surface area contributed by atoms with E-state index in [1.807, 2.05) is 16.8 Å². The molecule has 1 aliphatic carbocycles. The molecule has 1 amide bonds. The highest BCUT2D eigenvalue weighted by Gasteiger charge is 2.40. The Hall–Kier alpha value is -2.34. The summed E-state index contributed by atoms with van der Waals surface area (Å²) in [5, 5.41) is 3.86. The second-order valence-electron chi connectivity index (χ2n) is 6.28. The van der Waals surface area contributed by atoms with E-state index in [-0.39, 0.29) is 29.7 Å². The number of anilines is 1. The van der Waals surface area contributed by atoms with Crippen LogP contribution in [0.4, 0.5) is 14.5 Å². The first-order valence-corrected chi connectivity index (χ1v) is 9.07. The van der Waals surface area contributed by atoms with Gasteiger partial charge in [-0.15, -0.1) is 0 Å². The molecule has 1 aromatic carbocycles. The molecule has 4 rings (SSSR count). The number of amides is 1. The molecule has 1 atom stereocenters. The zero-order chi connectivity index (χ0) is 17.6. The molecule has 0 N–H and O–H groups in total. The van der Waals surface area contributed by atoms with Gasteiger partial charge in [0, 0.05) is 36.1 Å². The number of hydrogen-bond donors (Lipinski definition) is 0. The molecule has 25 heavy (non-hydrogen) atoms. The fourth-order valence-electron chi connectivity index (χ4n) is 3.69. The van der Waals surface area contributed by atoms with Crippen LogP contribution in [0, 0.1) is 11.6 Å². The molecule has 6 heteroatoms. The SMILES string of the molecule is O=C1CCCC2=C1[C@@H](c1ccsc1)CC(=O)N2c1ccc(F)cc1F. The molecule has 128 valence electrons. The summed E-state index contributed by atoms with van der Waals surface area (Å²) in [4.78, 5) is 26.7. The highest BCUT2D eigenvalue weighted by Crippen LogP contribution is 2.44. The van der Waals surface area contributed by atoms with E-state index in [1.165, 1.54) is 22.3 Å². The van der Waals surface area contributed by atoms with Crippen LogP contribution in [0.15, 0.2) is 46.3 Å². The summed E-state index contributed by atoms with van der Waals surface area (Å²) in [6.45, 7) is 0. The number of ketones is 1. The summed E-state index contributed by atoms with van der Waals surface area (Å²) >= 11 is 1.52. The number of carbonyl (C=O) groups excluding carboxylic acids is 2. The van der Waals surface area contributed by atoms with Crippen LogP contribution in [-0.2, 0) is 9.59 Å². The third kappa shape index (κ3) is 2.70. The zero-order valence-electron chi connectivity index (χ0n) is 13.3. The summed E-state index contributed by atoms with van der Waals surface area (Å²) in [7, 11) is 0. The second kappa shape index (κ2) is 6.19. The first-order chi connectivity index (χ1) is 12.1. The third-order valence-corrected chi connectivity index (χ3v) is 5.47. The van der Waals surface area contributed by atoms with Gasteiger partial charge in [-0.1, -0.05) is 0 Å². The number of benzene rings is 1. The molecule has 0 bridgehead atoms. The van der Waals surface area contributed by atoms with E-state index >= 15 is 0 Å². The quantitative estimate of drug-likeness (QED) is 0.789. The summed E-state index contributed by atoms with van der Waals surface area (Å²) in [6.07, 6.45) is 1.70. The molecule has 0 spiro atoms. The van der Waals surface area contributed by atoms with Crippen LogP contribution in [0.25, 0.3) is 0 Å². The predicted octanol–water partition coefficient (Wildman–Crippen LogP) is 4.55. The molecule has 0 fully saturated rings. The fraction of sp³-hybridized carbons (Fsp3) is 0.263. The molecule has 2 heterocycles. The van der Waals surface area contributed by atoms with Gasteiger partial charge in [-0.25, -0.2) is 8.78 Å². The van der Waals surface area contributed by atoms with Crippen molar-refractivity contribution in [3.8, 4) is 0 Å². The summed E-state index contributed by atoms with van der Waals surface area (Å²) in [6, 6.07) is 5.07. The Balaban J connectivity index is 1.88. The topological polar surface area (TPSA) is 37.4 Å². The maximum atomic E-state index is 14.3. The molecule has 0 saturated carbocycles. The minimum Gasteiger partial charge on any atom is -0.294 e. The summed E-state index contributed by atoms with van der Waals surface area (Å²) in [5.41, 5.74) is 2.12. The summed E-state index contributed by atoms with van der Waals surface area (Å²) < 4.78 is 27.5. The Morgan fingerprint density at radius 3 is 2.68 bits per heavy atom. The van der Waals surface area contributed by atoms with Crippen molar-refractivity contribution in [1.82, 2.24) is 0 Å². The van der Waals surface area contributed by atoms with Crippen LogP contribution in [-0.4, -0.2) is 11.7 Å². The van der Waals surface area contributed by atoms with E-state index in [0.717, 1.165) is 17.7 Å². The molecule has 0 unspecified atom stereocenters. The van der Waals surface area contributed by atoms with Crippen LogP contribution in [0.2, 0.25) is 0 Å². The van der Waals surface area contributed by atoms with Crippen LogP contribution in [0.3, 0.4) is 0 Å². The highest BCUT2D eigenvalue weighted by atomic mass is 32.1. The molecule has 2 aromatic rings. The molecule has 3 nitrogen and oxygen atoms in total. The van der Waals surface area contributed by atoms with Gasteiger partial charge in [-0.05, 0) is 47.4 Å². The van der Waals surface area contributed by atoms with Crippen molar-refractivity contribution in [1.29, 1.82) is 0 Å². The molecule has 0 radical (unpaired) electrons. The second-order valence-corrected chi connectivity index (χ2v) is 7.06. The van der Waals surface area contributed by atoms with Crippen molar-refractivity contribution in [2.24, 2.45) is 0 Å². The van der Waals surface area contributed by atoms with E-state index in [9.17, 15) is 18.4 Å². The lowest BCUT2D eigenvalue weighted by Gasteiger charge is -2.38. The normalized spacial score (nSPS) is 20.9. The van der Waals surface area contributed by atoms with Gasteiger partial charge >= 0.3 is 0 Å². The lowest BCUT2D eigenvalue weighted by atomic mass is 9.78. The van der Waals surface area contributed by atoms with E-state index in [1.54, 1.807) is 0 Å². The molecule has 1 aromatic heterocycles. The van der Waals surface area contributed by atoms with Crippen molar-refractivity contribution in [3.63, 3.8) is 0 Å². The van der Waals surface area contributed by atoms with Crippen LogP contribution in [0.5, 0.6) is 0 Å². The average Bonchev–Trinajstić information content (AvgIpc) is 3.10. The van der Waals surface area contributed by atoms with E-state index in [0.29, 0.717) is 30.5 Å².